The lowest BCUT2D eigenvalue weighted by Gasteiger charge is -2.38. The number of aryl methyl sites for hydroxylation is 1. The van der Waals surface area contributed by atoms with E-state index in [4.69, 9.17) is 4.74 Å². The summed E-state index contributed by atoms with van der Waals surface area (Å²) in [7, 11) is 0. The molecule has 31 heavy (non-hydrogen) atoms. The summed E-state index contributed by atoms with van der Waals surface area (Å²) in [5.41, 5.74) is 3.17. The zero-order chi connectivity index (χ0) is 21.6. The van der Waals surface area contributed by atoms with Crippen LogP contribution in [0.5, 0.6) is 5.75 Å². The van der Waals surface area contributed by atoms with Gasteiger partial charge in [-0.3, -0.25) is 0 Å². The number of carbonyl (C=O) groups excluding carboxylic acids is 1. The Bertz CT molecular complexity index is 820. The van der Waals surface area contributed by atoms with E-state index in [0.29, 0.717) is 17.2 Å². The smallest absolute Gasteiger partial charge is 0.343 e. The Morgan fingerprint density at radius 2 is 1.39 bits per heavy atom. The summed E-state index contributed by atoms with van der Waals surface area (Å²) < 4.78 is 5.51. The molecule has 2 nitrogen and oxygen atoms in total. The van der Waals surface area contributed by atoms with Gasteiger partial charge < -0.3 is 4.74 Å². The van der Waals surface area contributed by atoms with E-state index in [-0.39, 0.29) is 5.97 Å². The minimum absolute atomic E-state index is 0.280. The first kappa shape index (κ1) is 22.1. The minimum atomic E-state index is -0.280. The first-order chi connectivity index (χ1) is 15.1. The Hall–Kier alpha value is -2.09. The molecule has 0 bridgehead atoms. The lowest BCUT2D eigenvalue weighted by atomic mass is 9.68. The van der Waals surface area contributed by atoms with Crippen LogP contribution in [0, 0.1) is 24.7 Å². The van der Waals surface area contributed by atoms with E-state index in [9.17, 15) is 4.79 Å². The van der Waals surface area contributed by atoms with E-state index in [2.05, 4.69) is 19.1 Å². The topological polar surface area (TPSA) is 26.3 Å². The molecule has 0 atom stereocenters. The van der Waals surface area contributed by atoms with E-state index in [1.807, 2.05) is 43.3 Å². The first-order valence-electron chi connectivity index (χ1n) is 12.5. The predicted molar refractivity (Wildman–Crippen MR) is 128 cm³/mol. The molecule has 2 aromatic carbocycles. The second-order valence-electron chi connectivity index (χ2n) is 10.0. The third kappa shape index (κ3) is 5.79. The van der Waals surface area contributed by atoms with Gasteiger partial charge in [-0.05, 0) is 98.9 Å². The highest BCUT2D eigenvalue weighted by Crippen LogP contribution is 2.44. The summed E-state index contributed by atoms with van der Waals surface area (Å²) in [5.74, 6) is 3.90. The standard InChI is InChI=1S/C29H38O2/c1-3-4-22-7-9-23(10-8-22)24-11-13-25(14-12-24)26-15-17-27(18-16-26)29(30)31-28-19-5-21(2)6-20-28/h5-6,15-20,22-25H,3-4,7-14H2,1-2H3/t22-,23-,24-,25-. The fourth-order valence-corrected chi connectivity index (χ4v) is 5.94. The van der Waals surface area contributed by atoms with Gasteiger partial charge in [-0.25, -0.2) is 4.79 Å². The maximum absolute atomic E-state index is 12.4. The number of ether oxygens (including phenoxy) is 1. The van der Waals surface area contributed by atoms with Crippen molar-refractivity contribution >= 4 is 5.97 Å². The van der Waals surface area contributed by atoms with E-state index < -0.39 is 0 Å². The summed E-state index contributed by atoms with van der Waals surface area (Å²) in [6.07, 6.45) is 14.0. The second-order valence-corrected chi connectivity index (χ2v) is 10.0. The molecule has 4 rings (SSSR count). The predicted octanol–water partition coefficient (Wildman–Crippen LogP) is 8.09. The van der Waals surface area contributed by atoms with Crippen molar-refractivity contribution in [2.24, 2.45) is 17.8 Å². The summed E-state index contributed by atoms with van der Waals surface area (Å²) >= 11 is 0. The van der Waals surface area contributed by atoms with Crippen molar-refractivity contribution in [1.82, 2.24) is 0 Å². The molecule has 0 unspecified atom stereocenters. The maximum atomic E-state index is 12.4. The number of esters is 1. The molecule has 2 fully saturated rings. The van der Waals surface area contributed by atoms with Gasteiger partial charge in [0.15, 0.2) is 0 Å². The van der Waals surface area contributed by atoms with Crippen LogP contribution in [0.3, 0.4) is 0 Å². The van der Waals surface area contributed by atoms with Gasteiger partial charge in [-0.2, -0.15) is 0 Å². The maximum Gasteiger partial charge on any atom is 0.343 e. The molecule has 2 saturated carbocycles. The highest BCUT2D eigenvalue weighted by Gasteiger charge is 2.31. The molecule has 0 amide bonds. The second kappa shape index (κ2) is 10.5. The zero-order valence-corrected chi connectivity index (χ0v) is 19.3. The van der Waals surface area contributed by atoms with Crippen LogP contribution in [-0.2, 0) is 0 Å². The van der Waals surface area contributed by atoms with Gasteiger partial charge in [0.25, 0.3) is 0 Å². The Morgan fingerprint density at radius 3 is 1.97 bits per heavy atom. The van der Waals surface area contributed by atoms with Crippen molar-refractivity contribution < 1.29 is 9.53 Å². The number of hydrogen-bond acceptors (Lipinski definition) is 2. The first-order valence-corrected chi connectivity index (χ1v) is 12.5. The van der Waals surface area contributed by atoms with Crippen molar-refractivity contribution in [3.05, 3.63) is 65.2 Å². The van der Waals surface area contributed by atoms with Crippen LogP contribution < -0.4 is 4.74 Å². The Morgan fingerprint density at radius 1 is 0.806 bits per heavy atom. The highest BCUT2D eigenvalue weighted by atomic mass is 16.5. The molecule has 0 aliphatic heterocycles. The van der Waals surface area contributed by atoms with Crippen molar-refractivity contribution in [2.45, 2.75) is 84.0 Å². The normalized spacial score (nSPS) is 26.4. The molecule has 0 heterocycles. The number of hydrogen-bond donors (Lipinski definition) is 0. The third-order valence-electron chi connectivity index (χ3n) is 7.88. The molecular weight excluding hydrogens is 380 g/mol. The van der Waals surface area contributed by atoms with E-state index in [0.717, 1.165) is 23.3 Å². The van der Waals surface area contributed by atoms with Crippen LogP contribution in [0.2, 0.25) is 0 Å². The number of rotatable bonds is 6. The van der Waals surface area contributed by atoms with Gasteiger partial charge >= 0.3 is 5.97 Å². The average molecular weight is 419 g/mol. The van der Waals surface area contributed by atoms with Crippen LogP contribution in [0.4, 0.5) is 0 Å². The van der Waals surface area contributed by atoms with Crippen LogP contribution >= 0.6 is 0 Å². The lowest BCUT2D eigenvalue weighted by Crippen LogP contribution is -2.25. The number of carbonyl (C=O) groups is 1. The Labute approximate surface area is 188 Å². The molecule has 0 saturated heterocycles. The fourth-order valence-electron chi connectivity index (χ4n) is 5.94. The molecule has 166 valence electrons. The Kier molecular flexibility index (Phi) is 7.48. The van der Waals surface area contributed by atoms with Crippen molar-refractivity contribution in [2.75, 3.05) is 0 Å². The third-order valence-corrected chi connectivity index (χ3v) is 7.88. The quantitative estimate of drug-likeness (QED) is 0.350. The largest absolute Gasteiger partial charge is 0.423 e. The zero-order valence-electron chi connectivity index (χ0n) is 19.3. The summed E-state index contributed by atoms with van der Waals surface area (Å²) in [5, 5.41) is 0. The molecule has 0 aromatic heterocycles. The molecule has 2 aliphatic rings. The van der Waals surface area contributed by atoms with Gasteiger partial charge in [0, 0.05) is 0 Å². The average Bonchev–Trinajstić information content (AvgIpc) is 2.81. The van der Waals surface area contributed by atoms with Crippen LogP contribution in [0.15, 0.2) is 48.5 Å². The summed E-state index contributed by atoms with van der Waals surface area (Å²) in [6.45, 7) is 4.35. The van der Waals surface area contributed by atoms with Crippen molar-refractivity contribution in [3.8, 4) is 5.75 Å². The van der Waals surface area contributed by atoms with Crippen LogP contribution in [0.25, 0.3) is 0 Å². The van der Waals surface area contributed by atoms with E-state index in [1.165, 1.54) is 69.8 Å². The highest BCUT2D eigenvalue weighted by molar-refractivity contribution is 5.91. The molecule has 2 aromatic rings. The lowest BCUT2D eigenvalue weighted by molar-refractivity contribution is 0.0734. The molecular formula is C29H38O2. The molecule has 2 heteroatoms. The van der Waals surface area contributed by atoms with Crippen molar-refractivity contribution in [3.63, 3.8) is 0 Å². The van der Waals surface area contributed by atoms with Crippen molar-refractivity contribution in [1.29, 1.82) is 0 Å². The fraction of sp³-hybridized carbons (Fsp3) is 0.552. The van der Waals surface area contributed by atoms with Gasteiger partial charge in [0.2, 0.25) is 0 Å². The summed E-state index contributed by atoms with van der Waals surface area (Å²) in [4.78, 5) is 12.4. The molecule has 0 radical (unpaired) electrons. The SMILES string of the molecule is CCC[C@H]1CC[C@H]([C@H]2CC[C@H](c3ccc(C(=O)Oc4ccc(C)cc4)cc3)CC2)CC1. The molecule has 0 spiro atoms. The van der Waals surface area contributed by atoms with Gasteiger partial charge in [-0.1, -0.05) is 62.4 Å². The van der Waals surface area contributed by atoms with Crippen LogP contribution in [0.1, 0.15) is 98.5 Å². The van der Waals surface area contributed by atoms with E-state index in [1.54, 1.807) is 0 Å². The van der Waals surface area contributed by atoms with Gasteiger partial charge in [0.1, 0.15) is 5.75 Å². The Balaban J connectivity index is 1.26. The van der Waals surface area contributed by atoms with E-state index >= 15 is 0 Å². The molecule has 2 aliphatic carbocycles. The monoisotopic (exact) mass is 418 g/mol. The molecule has 0 N–H and O–H groups in total. The van der Waals surface area contributed by atoms with Gasteiger partial charge in [0.05, 0.1) is 5.56 Å². The summed E-state index contributed by atoms with van der Waals surface area (Å²) in [6, 6.07) is 15.8. The number of benzene rings is 2. The minimum Gasteiger partial charge on any atom is -0.423 e. The van der Waals surface area contributed by atoms with Crippen LogP contribution in [-0.4, -0.2) is 5.97 Å². The van der Waals surface area contributed by atoms with Gasteiger partial charge in [-0.15, -0.1) is 0 Å².